The monoisotopic (exact) mass is 555 g/mol. The van der Waals surface area contributed by atoms with Crippen molar-refractivity contribution in [1.29, 1.82) is 0 Å². The average Bonchev–Trinajstić information content (AvgIpc) is 3.44. The minimum Gasteiger partial charge on any atom is -0.456 e. The number of hydrogen-bond donors (Lipinski definition) is 0. The maximum absolute atomic E-state index is 6.35. The summed E-state index contributed by atoms with van der Waals surface area (Å²) in [5, 5.41) is 4.75. The Morgan fingerprint density at radius 1 is 0.476 bits per heavy atom. The van der Waals surface area contributed by atoms with Gasteiger partial charge in [0, 0.05) is 47.8 Å². The normalized spacial score (nSPS) is 12.0. The number of fused-ring (bicyclic) bond motifs is 5. The summed E-state index contributed by atoms with van der Waals surface area (Å²) in [4.78, 5) is 15.1. The summed E-state index contributed by atoms with van der Waals surface area (Å²) in [5.74, 6) is 3.66. The van der Waals surface area contributed by atoms with E-state index in [1.54, 1.807) is 11.3 Å². The molecule has 0 saturated carbocycles. The van der Waals surface area contributed by atoms with Gasteiger partial charge in [0.25, 0.3) is 0 Å². The molecule has 0 unspecified atom stereocenters. The summed E-state index contributed by atoms with van der Waals surface area (Å²) in [6.45, 7) is 0. The fourth-order valence-corrected chi connectivity index (χ4v) is 7.18. The minimum absolute atomic E-state index is 0.630. The largest absolute Gasteiger partial charge is 0.456 e. The maximum Gasteiger partial charge on any atom is 0.165 e. The molecule has 3 heterocycles. The van der Waals surface area contributed by atoms with Crippen LogP contribution in [0.5, 0.6) is 11.5 Å². The molecule has 0 aliphatic carbocycles. The van der Waals surface area contributed by atoms with Crippen molar-refractivity contribution in [3.8, 4) is 56.8 Å². The van der Waals surface area contributed by atoms with Gasteiger partial charge in [0.05, 0.1) is 0 Å². The predicted molar refractivity (Wildman–Crippen MR) is 172 cm³/mol. The van der Waals surface area contributed by atoms with E-state index in [1.807, 2.05) is 54.6 Å². The average molecular weight is 556 g/mol. The second-order valence-electron chi connectivity index (χ2n) is 10.4. The van der Waals surface area contributed by atoms with Gasteiger partial charge in [-0.3, -0.25) is 0 Å². The number of aromatic nitrogens is 3. The predicted octanol–water partition coefficient (Wildman–Crippen LogP) is 10.2. The molecular weight excluding hydrogens is 534 g/mol. The first-order valence-electron chi connectivity index (χ1n) is 13.9. The molecule has 5 heteroatoms. The lowest BCUT2D eigenvalue weighted by Crippen LogP contribution is -2.01. The van der Waals surface area contributed by atoms with Crippen LogP contribution in [-0.2, 0) is 0 Å². The Morgan fingerprint density at radius 2 is 1.19 bits per heavy atom. The van der Waals surface area contributed by atoms with Crippen molar-refractivity contribution in [2.75, 3.05) is 0 Å². The van der Waals surface area contributed by atoms with Crippen molar-refractivity contribution >= 4 is 42.3 Å². The Kier molecular flexibility index (Phi) is 5.03. The van der Waals surface area contributed by atoms with Crippen molar-refractivity contribution in [3.05, 3.63) is 127 Å². The van der Waals surface area contributed by atoms with Gasteiger partial charge in [-0.25, -0.2) is 15.0 Å². The van der Waals surface area contributed by atoms with Crippen LogP contribution in [0, 0.1) is 0 Å². The van der Waals surface area contributed by atoms with E-state index in [0.29, 0.717) is 17.5 Å². The number of benzene rings is 6. The van der Waals surface area contributed by atoms with Crippen LogP contribution >= 0.6 is 11.3 Å². The van der Waals surface area contributed by atoms with Crippen LogP contribution in [0.3, 0.4) is 0 Å². The van der Waals surface area contributed by atoms with E-state index in [2.05, 4.69) is 72.8 Å². The van der Waals surface area contributed by atoms with Gasteiger partial charge < -0.3 is 4.74 Å². The summed E-state index contributed by atoms with van der Waals surface area (Å²) in [7, 11) is 0. The SMILES string of the molecule is c1ccc(-c2nc(-c3ccc4c(c3)-c3cccc5cccc(c35)O4)nc(-c3cccc4c3sc3ccccc34)n2)cc1. The highest BCUT2D eigenvalue weighted by Gasteiger charge is 2.22. The summed E-state index contributed by atoms with van der Waals surface area (Å²) in [6.07, 6.45) is 0. The van der Waals surface area contributed by atoms with E-state index in [9.17, 15) is 0 Å². The summed E-state index contributed by atoms with van der Waals surface area (Å²) >= 11 is 1.78. The van der Waals surface area contributed by atoms with Crippen molar-refractivity contribution in [3.63, 3.8) is 0 Å². The zero-order chi connectivity index (χ0) is 27.6. The Hall–Kier alpha value is -5.39. The van der Waals surface area contributed by atoms with Crippen molar-refractivity contribution in [2.24, 2.45) is 0 Å². The lowest BCUT2D eigenvalue weighted by Gasteiger charge is -2.21. The van der Waals surface area contributed by atoms with Crippen LogP contribution in [0.2, 0.25) is 0 Å². The van der Waals surface area contributed by atoms with Gasteiger partial charge >= 0.3 is 0 Å². The van der Waals surface area contributed by atoms with Gasteiger partial charge in [-0.15, -0.1) is 11.3 Å². The fourth-order valence-electron chi connectivity index (χ4n) is 5.97. The molecule has 8 aromatic rings. The van der Waals surface area contributed by atoms with Crippen molar-refractivity contribution in [2.45, 2.75) is 0 Å². The highest BCUT2D eigenvalue weighted by molar-refractivity contribution is 7.26. The first-order valence-corrected chi connectivity index (χ1v) is 14.7. The minimum atomic E-state index is 0.630. The molecule has 0 radical (unpaired) electrons. The standard InChI is InChI=1S/C37H21N3OS/c1-2-9-23(10-3-1)35-38-36(40-37(39-35)28-16-8-15-27-25-13-4-5-18-32(25)42-34(27)28)24-19-20-30-29(21-24)26-14-6-11-22-12-7-17-31(41-30)33(22)26/h1-21H. The molecule has 9 rings (SSSR count). The number of thiophene rings is 1. The van der Waals surface area contributed by atoms with Crippen LogP contribution < -0.4 is 4.74 Å². The number of hydrogen-bond acceptors (Lipinski definition) is 5. The van der Waals surface area contributed by atoms with Crippen LogP contribution in [0.4, 0.5) is 0 Å². The molecule has 2 aromatic heterocycles. The third kappa shape index (κ3) is 3.57. The highest BCUT2D eigenvalue weighted by Crippen LogP contribution is 2.47. The van der Waals surface area contributed by atoms with E-state index in [1.165, 1.54) is 20.2 Å². The van der Waals surface area contributed by atoms with E-state index in [0.717, 1.165) is 50.1 Å². The Balaban J connectivity index is 1.27. The number of rotatable bonds is 3. The molecule has 6 aromatic carbocycles. The first-order chi connectivity index (χ1) is 20.8. The van der Waals surface area contributed by atoms with Gasteiger partial charge in [0.2, 0.25) is 0 Å². The van der Waals surface area contributed by atoms with Gasteiger partial charge in [-0.05, 0) is 47.3 Å². The third-order valence-corrected chi connectivity index (χ3v) is 9.15. The molecule has 0 atom stereocenters. The van der Waals surface area contributed by atoms with E-state index in [4.69, 9.17) is 19.7 Å². The molecule has 1 aliphatic heterocycles. The lowest BCUT2D eigenvalue weighted by atomic mass is 9.93. The maximum atomic E-state index is 6.35. The third-order valence-electron chi connectivity index (χ3n) is 7.93. The van der Waals surface area contributed by atoms with E-state index < -0.39 is 0 Å². The molecular formula is C37H21N3OS. The molecule has 0 bridgehead atoms. The molecule has 42 heavy (non-hydrogen) atoms. The van der Waals surface area contributed by atoms with Gasteiger partial charge in [0.15, 0.2) is 17.5 Å². The molecule has 4 nitrogen and oxygen atoms in total. The second-order valence-corrected chi connectivity index (χ2v) is 11.5. The van der Waals surface area contributed by atoms with Crippen molar-refractivity contribution in [1.82, 2.24) is 15.0 Å². The Bertz CT molecular complexity index is 2340. The molecule has 0 N–H and O–H groups in total. The molecule has 0 saturated heterocycles. The van der Waals surface area contributed by atoms with Gasteiger partial charge in [-0.1, -0.05) is 91.0 Å². The zero-order valence-corrected chi connectivity index (χ0v) is 23.1. The summed E-state index contributed by atoms with van der Waals surface area (Å²) in [6, 6.07) is 43.8. The zero-order valence-electron chi connectivity index (χ0n) is 22.3. The Morgan fingerprint density at radius 3 is 2.10 bits per heavy atom. The molecule has 196 valence electrons. The lowest BCUT2D eigenvalue weighted by molar-refractivity contribution is 0.487. The molecule has 0 fully saturated rings. The Labute approximate surface area is 245 Å². The van der Waals surface area contributed by atoms with Crippen LogP contribution in [0.25, 0.3) is 76.2 Å². The number of ether oxygens (including phenoxy) is 1. The molecule has 0 amide bonds. The van der Waals surface area contributed by atoms with Crippen molar-refractivity contribution < 1.29 is 4.74 Å². The fraction of sp³-hybridized carbons (Fsp3) is 0. The van der Waals surface area contributed by atoms with Crippen LogP contribution in [0.1, 0.15) is 0 Å². The van der Waals surface area contributed by atoms with Crippen LogP contribution in [0.15, 0.2) is 127 Å². The van der Waals surface area contributed by atoms with E-state index in [-0.39, 0.29) is 0 Å². The number of nitrogens with zero attached hydrogens (tertiary/aromatic N) is 3. The second kappa shape index (κ2) is 9.06. The summed E-state index contributed by atoms with van der Waals surface area (Å²) < 4.78 is 8.78. The molecule has 1 aliphatic rings. The van der Waals surface area contributed by atoms with Gasteiger partial charge in [-0.2, -0.15) is 0 Å². The molecule has 0 spiro atoms. The smallest absolute Gasteiger partial charge is 0.165 e. The topological polar surface area (TPSA) is 47.9 Å². The van der Waals surface area contributed by atoms with Gasteiger partial charge in [0.1, 0.15) is 11.5 Å². The van der Waals surface area contributed by atoms with E-state index >= 15 is 0 Å². The van der Waals surface area contributed by atoms with Crippen LogP contribution in [-0.4, -0.2) is 15.0 Å². The summed E-state index contributed by atoms with van der Waals surface area (Å²) in [5.41, 5.74) is 5.06. The quantitative estimate of drug-likeness (QED) is 0.218. The highest BCUT2D eigenvalue weighted by atomic mass is 32.1. The first kappa shape index (κ1) is 23.3.